The molecule has 16 heavy (non-hydrogen) atoms. The molecule has 0 bridgehead atoms. The number of hydrogen-bond donors (Lipinski definition) is 0. The van der Waals surface area contributed by atoms with Crippen LogP contribution in [0.2, 0.25) is 0 Å². The standard InChI is InChI=1S/C6H12N2.CHF3O3S/c1-3-8-5-4-7(2)6-8;2-1(3)8(5,6)7-4/h4-5H,3,6H2,1-2H3;1H. The monoisotopic (exact) mass is 262 g/mol. The van der Waals surface area contributed by atoms with E-state index in [4.69, 9.17) is 0 Å². The molecule has 0 atom stereocenters. The van der Waals surface area contributed by atoms with Crippen LogP contribution in [0.5, 0.6) is 0 Å². The first-order valence-electron chi connectivity index (χ1n) is 4.28. The summed E-state index contributed by atoms with van der Waals surface area (Å²) >= 11 is 0. The minimum Gasteiger partial charge on any atom is -0.362 e. The lowest BCUT2D eigenvalue weighted by Crippen LogP contribution is -2.21. The van der Waals surface area contributed by atoms with Gasteiger partial charge in [0.1, 0.15) is 0 Å². The Balaban J connectivity index is 0.000000281. The predicted octanol–water partition coefficient (Wildman–Crippen LogP) is 1.12. The summed E-state index contributed by atoms with van der Waals surface area (Å²) in [5, 5.41) is 0. The second-order valence-corrected chi connectivity index (χ2v) is 4.39. The number of nitrogens with zero attached hydrogens (tertiary/aromatic N) is 2. The minimum absolute atomic E-state index is 1.05. The van der Waals surface area contributed by atoms with Crippen LogP contribution in [0.15, 0.2) is 12.4 Å². The van der Waals surface area contributed by atoms with E-state index < -0.39 is 15.9 Å². The third-order valence-corrected chi connectivity index (χ3v) is 2.26. The fraction of sp³-hybridized carbons (Fsp3) is 0.714. The molecule has 0 unspecified atom stereocenters. The quantitative estimate of drug-likeness (QED) is 0.763. The van der Waals surface area contributed by atoms with E-state index in [0.29, 0.717) is 0 Å². The van der Waals surface area contributed by atoms with Gasteiger partial charge >= 0.3 is 15.9 Å². The van der Waals surface area contributed by atoms with Crippen molar-refractivity contribution < 1.29 is 26.1 Å². The Morgan fingerprint density at radius 3 is 2.12 bits per heavy atom. The van der Waals surface area contributed by atoms with Crippen LogP contribution >= 0.6 is 0 Å². The van der Waals surface area contributed by atoms with Crippen molar-refractivity contribution in [2.75, 3.05) is 20.3 Å². The molecule has 5 nitrogen and oxygen atoms in total. The van der Waals surface area contributed by atoms with E-state index in [9.17, 15) is 21.7 Å². The molecule has 1 aliphatic rings. The summed E-state index contributed by atoms with van der Waals surface area (Å²) in [5.41, 5.74) is 0. The van der Waals surface area contributed by atoms with E-state index in [1.54, 1.807) is 0 Å². The lowest BCUT2D eigenvalue weighted by Gasteiger charge is -2.14. The molecule has 0 aromatic heterocycles. The van der Waals surface area contributed by atoms with Gasteiger partial charge in [0.05, 0.1) is 6.67 Å². The average molecular weight is 262 g/mol. The maximum atomic E-state index is 10.9. The largest absolute Gasteiger partial charge is 0.363 e. The SMILES string of the molecule is CCN1C=CN(C)C1.O=S(=O)(OF)C(F)F. The third-order valence-electron chi connectivity index (χ3n) is 1.65. The highest BCUT2D eigenvalue weighted by atomic mass is 32.2. The van der Waals surface area contributed by atoms with Crippen LogP contribution < -0.4 is 0 Å². The van der Waals surface area contributed by atoms with E-state index in [1.165, 1.54) is 0 Å². The Morgan fingerprint density at radius 2 is 2.00 bits per heavy atom. The zero-order valence-corrected chi connectivity index (χ0v) is 9.62. The number of rotatable bonds is 3. The van der Waals surface area contributed by atoms with Crippen molar-refractivity contribution in [3.63, 3.8) is 0 Å². The molecule has 1 heterocycles. The predicted molar refractivity (Wildman–Crippen MR) is 51.3 cm³/mol. The van der Waals surface area contributed by atoms with Crippen molar-refractivity contribution in [2.45, 2.75) is 12.7 Å². The van der Waals surface area contributed by atoms with Gasteiger partial charge in [-0.05, 0) is 11.4 Å². The maximum Gasteiger partial charge on any atom is 0.363 e. The van der Waals surface area contributed by atoms with Crippen LogP contribution in [-0.2, 0) is 14.5 Å². The van der Waals surface area contributed by atoms with Gasteiger partial charge in [-0.1, -0.05) is 4.39 Å². The maximum absolute atomic E-state index is 10.9. The molecule has 0 aromatic carbocycles. The first kappa shape index (κ1) is 15.0. The number of hydrogen-bond acceptors (Lipinski definition) is 5. The van der Waals surface area contributed by atoms with E-state index in [2.05, 4.69) is 36.2 Å². The number of halogens is 3. The van der Waals surface area contributed by atoms with Gasteiger partial charge in [0.2, 0.25) is 0 Å². The molecule has 0 aliphatic carbocycles. The first-order chi connectivity index (χ1) is 7.33. The Morgan fingerprint density at radius 1 is 1.44 bits per heavy atom. The van der Waals surface area contributed by atoms with Crippen molar-refractivity contribution in [1.82, 2.24) is 9.80 Å². The van der Waals surface area contributed by atoms with E-state index >= 15 is 0 Å². The van der Waals surface area contributed by atoms with Crippen LogP contribution in [-0.4, -0.2) is 44.2 Å². The smallest absolute Gasteiger partial charge is 0.362 e. The van der Waals surface area contributed by atoms with Crippen molar-refractivity contribution >= 4 is 10.1 Å². The highest BCUT2D eigenvalue weighted by molar-refractivity contribution is 7.86. The van der Waals surface area contributed by atoms with Crippen molar-refractivity contribution in [3.8, 4) is 0 Å². The van der Waals surface area contributed by atoms with Gasteiger partial charge in [0, 0.05) is 26.0 Å². The Labute approximate surface area is 92.1 Å². The van der Waals surface area contributed by atoms with Gasteiger partial charge < -0.3 is 9.80 Å². The van der Waals surface area contributed by atoms with Crippen LogP contribution in [0, 0.1) is 0 Å². The second kappa shape index (κ2) is 6.59. The molecular formula is C7H13F3N2O3S. The zero-order chi connectivity index (χ0) is 12.8. The molecule has 1 aliphatic heterocycles. The van der Waals surface area contributed by atoms with Crippen molar-refractivity contribution in [1.29, 1.82) is 0 Å². The van der Waals surface area contributed by atoms with Gasteiger partial charge in [0.15, 0.2) is 0 Å². The summed E-state index contributed by atoms with van der Waals surface area (Å²) < 4.78 is 52.8. The van der Waals surface area contributed by atoms with Crippen LogP contribution in [0.4, 0.5) is 13.3 Å². The summed E-state index contributed by atoms with van der Waals surface area (Å²) in [4.78, 5) is 4.41. The first-order valence-corrected chi connectivity index (χ1v) is 5.75. The third kappa shape index (κ3) is 5.21. The Bertz CT molecular complexity index is 321. The molecule has 0 saturated heterocycles. The molecule has 0 N–H and O–H groups in total. The van der Waals surface area contributed by atoms with E-state index in [-0.39, 0.29) is 0 Å². The zero-order valence-electron chi connectivity index (χ0n) is 8.81. The molecule has 0 saturated carbocycles. The van der Waals surface area contributed by atoms with Crippen molar-refractivity contribution in [2.24, 2.45) is 0 Å². The highest BCUT2D eigenvalue weighted by Gasteiger charge is 2.25. The van der Waals surface area contributed by atoms with Crippen molar-refractivity contribution in [3.05, 3.63) is 12.4 Å². The Kier molecular flexibility index (Phi) is 6.19. The molecule has 0 radical (unpaired) electrons. The van der Waals surface area contributed by atoms with Gasteiger partial charge in [-0.2, -0.15) is 17.2 Å². The summed E-state index contributed by atoms with van der Waals surface area (Å²) in [7, 11) is -3.16. The van der Waals surface area contributed by atoms with Gasteiger partial charge in [0.25, 0.3) is 0 Å². The van der Waals surface area contributed by atoms with Gasteiger partial charge in [-0.25, -0.2) is 0 Å². The average Bonchev–Trinajstić information content (AvgIpc) is 2.65. The normalized spacial score (nSPS) is 15.4. The second-order valence-electron chi connectivity index (χ2n) is 2.92. The molecule has 0 spiro atoms. The summed E-state index contributed by atoms with van der Waals surface area (Å²) in [6.07, 6.45) is 4.20. The topological polar surface area (TPSA) is 49.9 Å². The molecule has 0 amide bonds. The van der Waals surface area contributed by atoms with E-state index in [1.807, 2.05) is 4.39 Å². The molecule has 0 aromatic rings. The summed E-state index contributed by atoms with van der Waals surface area (Å²) in [6.45, 7) is 4.32. The minimum atomic E-state index is -5.24. The molecule has 0 fully saturated rings. The van der Waals surface area contributed by atoms with Crippen LogP contribution in [0.1, 0.15) is 6.92 Å². The van der Waals surface area contributed by atoms with Crippen LogP contribution in [0.25, 0.3) is 0 Å². The highest BCUT2D eigenvalue weighted by Crippen LogP contribution is 2.06. The van der Waals surface area contributed by atoms with Crippen LogP contribution in [0.3, 0.4) is 0 Å². The number of alkyl halides is 2. The summed E-state index contributed by atoms with van der Waals surface area (Å²) in [5.74, 6) is -3.81. The molecule has 96 valence electrons. The van der Waals surface area contributed by atoms with E-state index in [0.717, 1.165) is 13.2 Å². The lowest BCUT2D eigenvalue weighted by molar-refractivity contribution is -0.00838. The lowest BCUT2D eigenvalue weighted by atomic mass is 10.6. The molecule has 9 heteroatoms. The molecule has 1 rings (SSSR count). The fourth-order valence-electron chi connectivity index (χ4n) is 0.822. The summed E-state index contributed by atoms with van der Waals surface area (Å²) in [6, 6.07) is 0. The fourth-order valence-corrected chi connectivity index (χ4v) is 0.877. The van der Waals surface area contributed by atoms with Gasteiger partial charge in [-0.15, -0.1) is 0 Å². The Hall–Kier alpha value is -0.960. The molecular weight excluding hydrogens is 249 g/mol. The van der Waals surface area contributed by atoms with Gasteiger partial charge in [-0.3, -0.25) is 0 Å².